The first-order chi connectivity index (χ1) is 62.4. The third-order valence-electron chi connectivity index (χ3n) is 24.8. The smallest absolute Gasteiger partial charge is 0.364 e. The number of rotatable bonds is 67. The molecule has 5 aliphatic rings. The first-order valence-electron chi connectivity index (χ1n) is 46.3. The van der Waals surface area contributed by atoms with E-state index in [2.05, 4.69) is 35.1 Å². The van der Waals surface area contributed by atoms with Gasteiger partial charge in [0.25, 0.3) is 17.4 Å². The molecular weight excluding hydrogens is 1750 g/mol. The number of methoxy groups -OCH3 is 1. The van der Waals surface area contributed by atoms with Gasteiger partial charge in [-0.1, -0.05) is 200 Å². The Morgan fingerprint density at radius 2 is 0.786 bits per heavy atom. The average molecular weight is 1900 g/mol. The van der Waals surface area contributed by atoms with Gasteiger partial charge in [0.05, 0.1) is 88.2 Å². The molecule has 46 nitrogen and oxygen atoms in total. The van der Waals surface area contributed by atoms with Crippen LogP contribution in [0.25, 0.3) is 0 Å². The lowest BCUT2D eigenvalue weighted by Crippen LogP contribution is -2.71. The number of nitrogens with one attached hydrogen (secondary N) is 4. The summed E-state index contributed by atoms with van der Waals surface area (Å²) < 4.78 is 61.8. The Kier molecular flexibility index (Phi) is 53.4. The maximum absolute atomic E-state index is 14.1. The number of aliphatic hydroxyl groups excluding tert-OH is 21. The van der Waals surface area contributed by atoms with Gasteiger partial charge >= 0.3 is 17.9 Å². The van der Waals surface area contributed by atoms with Crippen molar-refractivity contribution in [3.05, 3.63) is 0 Å². The minimum absolute atomic E-state index is 0.0580. The van der Waals surface area contributed by atoms with E-state index in [-0.39, 0.29) is 12.8 Å². The second-order valence-electron chi connectivity index (χ2n) is 34.9. The van der Waals surface area contributed by atoms with Crippen LogP contribution in [0.2, 0.25) is 0 Å². The normalized spacial score (nSPS) is 31.8. The number of unbranched alkanes of at least 4 members (excludes halogenated alkanes) is 27. The molecule has 0 bridgehead atoms. The standard InChI is InChI=1S/C85H152N4O42/c1-4-6-8-10-12-14-16-17-18-19-20-21-22-24-26-28-30-32-34-49(97)77(114)86-47(64(106)48(96)33-31-29-27-25-23-15-13-11-9-7-5-2)44-122-78-70(112)69(111)72(57(42-94)126-78)127-79-71(113)76(68(110)56(41-93)125-79)131-85(82(119)120)37-52(100)62(74(130-85)66(108)54(102)39-91)89-60(105)45-123-83(80(115)116)35-50(98)61(73(128-83)65(107)53(101)38-90)88-59(104)46-124-84(81(117)118)36-51(99)63(87-58(103)43-95)75(129-84)67(109)55(40-92)121-3/h47-57,61-76,78-79,90-102,106-113H,4-46H2,1-3H3,(H,86,114)(H,87,103)(H,88,104)(H,89,105)(H,115,116)(H,117,118)(H,119,120)/t47-,48+,49+,50-,51-,52-,53+,54+,55+,56+,57+,61+,62+,63+,64-,65+,66+,67+,68-,69+,70+,71+,72+,73+,74+,75+,76-,78+,79-,83+,84+,85-/m0/s1. The van der Waals surface area contributed by atoms with Crippen molar-refractivity contribution < 1.29 is 208 Å². The molecule has 32 atom stereocenters. The fourth-order valence-corrected chi connectivity index (χ4v) is 16.9. The first-order valence-corrected chi connectivity index (χ1v) is 46.3. The Morgan fingerprint density at radius 3 is 1.17 bits per heavy atom. The van der Waals surface area contributed by atoms with Gasteiger partial charge in [-0.2, -0.15) is 0 Å². The topological polar surface area (TPSA) is 755 Å². The molecule has 28 N–H and O–H groups in total. The maximum atomic E-state index is 14.1. The summed E-state index contributed by atoms with van der Waals surface area (Å²) >= 11 is 0. The van der Waals surface area contributed by atoms with E-state index < -0.39 is 315 Å². The zero-order valence-electron chi connectivity index (χ0n) is 75.2. The van der Waals surface area contributed by atoms with Crippen LogP contribution in [0.4, 0.5) is 0 Å². The molecule has 0 saturated carbocycles. The van der Waals surface area contributed by atoms with Gasteiger partial charge in [-0.25, -0.2) is 14.4 Å². The number of aliphatic hydroxyl groups is 21. The summed E-state index contributed by atoms with van der Waals surface area (Å²) in [5, 5.41) is 272. The summed E-state index contributed by atoms with van der Waals surface area (Å²) in [6, 6.07) is -7.65. The molecule has 764 valence electrons. The zero-order chi connectivity index (χ0) is 97.3. The van der Waals surface area contributed by atoms with Gasteiger partial charge in [-0.3, -0.25) is 19.2 Å². The van der Waals surface area contributed by atoms with Crippen LogP contribution in [0.15, 0.2) is 0 Å². The van der Waals surface area contributed by atoms with Crippen LogP contribution in [0.3, 0.4) is 0 Å². The first kappa shape index (κ1) is 117. The predicted octanol–water partition coefficient (Wildman–Crippen LogP) is -5.58. The molecule has 0 aromatic heterocycles. The van der Waals surface area contributed by atoms with Crippen LogP contribution in [0, 0.1) is 0 Å². The number of carboxylic acid groups (broad SMARTS) is 3. The van der Waals surface area contributed by atoms with E-state index in [0.717, 1.165) is 84.2 Å². The van der Waals surface area contributed by atoms with E-state index >= 15 is 0 Å². The van der Waals surface area contributed by atoms with Crippen molar-refractivity contribution in [3.8, 4) is 0 Å². The van der Waals surface area contributed by atoms with E-state index in [9.17, 15) is 156 Å². The Hall–Kier alpha value is -4.99. The number of amides is 4. The molecule has 5 fully saturated rings. The van der Waals surface area contributed by atoms with E-state index in [1.165, 1.54) is 96.3 Å². The Labute approximate surface area is 761 Å². The molecule has 0 unspecified atom stereocenters. The number of carbonyl (C=O) groups is 7. The Morgan fingerprint density at radius 1 is 0.412 bits per heavy atom. The summed E-state index contributed by atoms with van der Waals surface area (Å²) in [7, 11) is 1.00. The van der Waals surface area contributed by atoms with Gasteiger partial charge in [0.2, 0.25) is 23.6 Å². The summed E-state index contributed by atoms with van der Waals surface area (Å²) in [6.07, 6.45) is -26.5. The number of carboxylic acids is 3. The predicted molar refractivity (Wildman–Crippen MR) is 450 cm³/mol. The van der Waals surface area contributed by atoms with Crippen LogP contribution < -0.4 is 21.3 Å². The van der Waals surface area contributed by atoms with Crippen LogP contribution in [-0.2, 0) is 85.7 Å². The number of carbonyl (C=O) groups excluding carboxylic acids is 4. The van der Waals surface area contributed by atoms with Crippen LogP contribution in [0.5, 0.6) is 0 Å². The summed E-state index contributed by atoms with van der Waals surface area (Å²) in [5.74, 6) is -21.8. The highest BCUT2D eigenvalue weighted by molar-refractivity contribution is 5.82. The molecule has 5 rings (SSSR count). The van der Waals surface area contributed by atoms with Crippen molar-refractivity contribution in [1.82, 2.24) is 21.3 Å². The SMILES string of the molecule is CCCCCCCCCCCCCCCCCCCC[C@@H](O)C(=O)N[C@@H](CO[C@@H]1O[C@H](CO)[C@@H](O[C@@H]2O[C@H](CO)[C@H](O)[C@H](O[C@]3(C(=O)O)C[C@H](O)[C@@H](NC(=O)CO[C@]4(C(=O)O)C[C@H](O)[C@@H](NC(=O)CO[C@]5(C(=O)O)C[C@H](O)[C@@H](NC(=O)CO)[C@H]([C@H](O)[C@@H](CO)OC)O5)[C@H]([C@H](O)[C@H](O)CO)O4)[C@H]([C@H](O)[C@H](O)CO)O3)[C@H]2O)[C@H](O)[C@H]1O)[C@H](O)[C@H](O)CCCCCCCCCCCCC. The highest BCUT2D eigenvalue weighted by Gasteiger charge is 2.63. The molecule has 0 radical (unpaired) electrons. The molecule has 0 aliphatic carbocycles. The van der Waals surface area contributed by atoms with E-state index in [4.69, 9.17) is 52.1 Å². The third-order valence-corrected chi connectivity index (χ3v) is 24.8. The molecule has 5 aliphatic heterocycles. The minimum Gasteiger partial charge on any atom is -0.477 e. The molecule has 4 amide bonds. The summed E-state index contributed by atoms with van der Waals surface area (Å²) in [6.45, 7) is -6.68. The number of hydrogen-bond donors (Lipinski definition) is 28. The largest absolute Gasteiger partial charge is 0.477 e. The fraction of sp³-hybridized carbons (Fsp3) is 0.918. The number of ether oxygens (including phenoxy) is 11. The van der Waals surface area contributed by atoms with Gasteiger partial charge < -0.3 is 196 Å². The molecular formula is C85H152N4O42. The van der Waals surface area contributed by atoms with Crippen molar-refractivity contribution >= 4 is 41.5 Å². The third kappa shape index (κ3) is 35.1. The van der Waals surface area contributed by atoms with Gasteiger partial charge in [0.1, 0.15) is 136 Å². The van der Waals surface area contributed by atoms with Gasteiger partial charge in [0.15, 0.2) is 12.6 Å². The second kappa shape index (κ2) is 60.0. The summed E-state index contributed by atoms with van der Waals surface area (Å²) in [4.78, 5) is 93.5. The highest BCUT2D eigenvalue weighted by Crippen LogP contribution is 2.41. The Balaban J connectivity index is 1.28. The van der Waals surface area contributed by atoms with Crippen LogP contribution in [0.1, 0.15) is 232 Å². The lowest BCUT2D eigenvalue weighted by molar-refractivity contribution is -0.386. The lowest BCUT2D eigenvalue weighted by atomic mass is 9.88. The van der Waals surface area contributed by atoms with Crippen molar-refractivity contribution in [2.45, 2.75) is 427 Å². The zero-order valence-corrected chi connectivity index (χ0v) is 75.2. The van der Waals surface area contributed by atoms with Crippen LogP contribution >= 0.6 is 0 Å². The van der Waals surface area contributed by atoms with E-state index in [0.29, 0.717) is 12.8 Å². The summed E-state index contributed by atoms with van der Waals surface area (Å²) in [5.41, 5.74) is 0. The van der Waals surface area contributed by atoms with E-state index in [1.807, 2.05) is 0 Å². The molecule has 0 aromatic rings. The highest BCUT2D eigenvalue weighted by atomic mass is 16.8. The monoisotopic (exact) mass is 1900 g/mol. The maximum Gasteiger partial charge on any atom is 0.364 e. The van der Waals surface area contributed by atoms with Gasteiger partial charge in [-0.15, -0.1) is 0 Å². The molecule has 0 aromatic carbocycles. The lowest BCUT2D eigenvalue weighted by Gasteiger charge is -2.50. The molecule has 5 heterocycles. The molecule has 131 heavy (non-hydrogen) atoms. The van der Waals surface area contributed by atoms with Crippen molar-refractivity contribution in [3.63, 3.8) is 0 Å². The van der Waals surface area contributed by atoms with Crippen molar-refractivity contribution in [1.29, 1.82) is 0 Å². The molecule has 46 heteroatoms. The number of hydrogen-bond acceptors (Lipinski definition) is 39. The van der Waals surface area contributed by atoms with Crippen molar-refractivity contribution in [2.75, 3.05) is 66.6 Å². The average Bonchev–Trinajstić information content (AvgIpc) is 0.772. The fourth-order valence-electron chi connectivity index (χ4n) is 16.9. The number of aliphatic carboxylic acids is 3. The minimum atomic E-state index is -3.51. The van der Waals surface area contributed by atoms with Gasteiger partial charge in [0, 0.05) is 26.4 Å². The molecule has 0 spiro atoms. The second-order valence-corrected chi connectivity index (χ2v) is 34.9. The van der Waals surface area contributed by atoms with Crippen LogP contribution in [-0.4, -0.2) is 425 Å². The quantitative estimate of drug-likeness (QED) is 0.0253. The Bertz CT molecular complexity index is 3260. The van der Waals surface area contributed by atoms with E-state index in [1.54, 1.807) is 0 Å². The van der Waals surface area contributed by atoms with Gasteiger partial charge in [-0.05, 0) is 12.8 Å². The van der Waals surface area contributed by atoms with Crippen molar-refractivity contribution in [2.24, 2.45) is 0 Å². The molecule has 5 saturated heterocycles.